The fourth-order valence-corrected chi connectivity index (χ4v) is 1.36. The summed E-state index contributed by atoms with van der Waals surface area (Å²) in [6.07, 6.45) is 0. The van der Waals surface area contributed by atoms with Crippen LogP contribution in [0.1, 0.15) is 15.9 Å². The Bertz CT molecular complexity index is 323. The minimum absolute atomic E-state index is 0.359. The van der Waals surface area contributed by atoms with Crippen LogP contribution in [0.5, 0.6) is 0 Å². The standard InChI is InChI=1S/C9H8Cl2O2/c1-13-9(12)7-3-2-6(5-10)4-8(7)11/h2-4H,5H2,1H3. The maximum Gasteiger partial charge on any atom is 0.339 e. The fraction of sp³-hybridized carbons (Fsp3) is 0.222. The van der Waals surface area contributed by atoms with Gasteiger partial charge in [0.1, 0.15) is 0 Å². The van der Waals surface area contributed by atoms with Crippen molar-refractivity contribution in [1.29, 1.82) is 0 Å². The van der Waals surface area contributed by atoms with Crippen LogP contribution in [0.15, 0.2) is 18.2 Å². The molecule has 70 valence electrons. The zero-order chi connectivity index (χ0) is 9.84. The fourth-order valence-electron chi connectivity index (χ4n) is 0.917. The topological polar surface area (TPSA) is 26.3 Å². The summed E-state index contributed by atoms with van der Waals surface area (Å²) in [5, 5.41) is 0.366. The van der Waals surface area contributed by atoms with E-state index in [2.05, 4.69) is 4.74 Å². The van der Waals surface area contributed by atoms with Crippen LogP contribution in [0.4, 0.5) is 0 Å². The van der Waals surface area contributed by atoms with Gasteiger partial charge in [-0.15, -0.1) is 11.6 Å². The van der Waals surface area contributed by atoms with E-state index in [-0.39, 0.29) is 0 Å². The molecule has 0 saturated carbocycles. The molecule has 0 radical (unpaired) electrons. The number of carbonyl (C=O) groups excluding carboxylic acids is 1. The van der Waals surface area contributed by atoms with Gasteiger partial charge in [-0.2, -0.15) is 0 Å². The van der Waals surface area contributed by atoms with Crippen molar-refractivity contribution in [3.05, 3.63) is 34.3 Å². The summed E-state index contributed by atoms with van der Waals surface area (Å²) in [7, 11) is 1.31. The SMILES string of the molecule is COC(=O)c1ccc(CCl)cc1Cl. The molecule has 0 aliphatic rings. The van der Waals surface area contributed by atoms with E-state index in [1.54, 1.807) is 18.2 Å². The van der Waals surface area contributed by atoms with Crippen molar-refractivity contribution in [3.8, 4) is 0 Å². The number of carbonyl (C=O) groups is 1. The highest BCUT2D eigenvalue weighted by Crippen LogP contribution is 2.19. The van der Waals surface area contributed by atoms with Gasteiger partial charge in [0.25, 0.3) is 0 Å². The van der Waals surface area contributed by atoms with Gasteiger partial charge in [0, 0.05) is 5.88 Å². The lowest BCUT2D eigenvalue weighted by molar-refractivity contribution is 0.0601. The van der Waals surface area contributed by atoms with Crippen molar-refractivity contribution < 1.29 is 9.53 Å². The number of hydrogen-bond donors (Lipinski definition) is 0. The normalized spacial score (nSPS) is 9.77. The smallest absolute Gasteiger partial charge is 0.339 e. The van der Waals surface area contributed by atoms with E-state index >= 15 is 0 Å². The second kappa shape index (κ2) is 4.49. The van der Waals surface area contributed by atoms with Crippen molar-refractivity contribution in [3.63, 3.8) is 0 Å². The second-order valence-corrected chi connectivity index (χ2v) is 3.11. The lowest BCUT2D eigenvalue weighted by atomic mass is 10.1. The molecule has 2 nitrogen and oxygen atoms in total. The van der Waals surface area contributed by atoms with Gasteiger partial charge in [0.15, 0.2) is 0 Å². The molecule has 0 aromatic heterocycles. The van der Waals surface area contributed by atoms with Gasteiger partial charge in [-0.3, -0.25) is 0 Å². The maximum absolute atomic E-state index is 11.1. The molecule has 0 saturated heterocycles. The number of methoxy groups -OCH3 is 1. The molecule has 0 aliphatic heterocycles. The predicted octanol–water partition coefficient (Wildman–Crippen LogP) is 2.87. The number of hydrogen-bond acceptors (Lipinski definition) is 2. The first kappa shape index (κ1) is 10.4. The third-order valence-corrected chi connectivity index (χ3v) is 2.21. The molecular formula is C9H8Cl2O2. The maximum atomic E-state index is 11.1. The third kappa shape index (κ3) is 2.36. The molecule has 0 heterocycles. The minimum atomic E-state index is -0.439. The molecular weight excluding hydrogens is 211 g/mol. The predicted molar refractivity (Wildman–Crippen MR) is 52.3 cm³/mol. The highest BCUT2D eigenvalue weighted by atomic mass is 35.5. The van der Waals surface area contributed by atoms with E-state index in [0.717, 1.165) is 5.56 Å². The summed E-state index contributed by atoms with van der Waals surface area (Å²) in [5.74, 6) is -0.0626. The Labute approximate surface area is 86.4 Å². The van der Waals surface area contributed by atoms with Crippen LogP contribution >= 0.6 is 23.2 Å². The van der Waals surface area contributed by atoms with Crippen LogP contribution in [-0.2, 0) is 10.6 Å². The first-order valence-electron chi connectivity index (χ1n) is 3.61. The number of rotatable bonds is 2. The molecule has 0 spiro atoms. The van der Waals surface area contributed by atoms with E-state index in [9.17, 15) is 4.79 Å². The van der Waals surface area contributed by atoms with E-state index in [1.165, 1.54) is 7.11 Å². The second-order valence-electron chi connectivity index (χ2n) is 2.44. The third-order valence-electron chi connectivity index (χ3n) is 1.59. The summed E-state index contributed by atoms with van der Waals surface area (Å²) in [5.41, 5.74) is 1.23. The average molecular weight is 219 g/mol. The summed E-state index contributed by atoms with van der Waals surface area (Å²) < 4.78 is 4.53. The van der Waals surface area contributed by atoms with Crippen LogP contribution in [0.3, 0.4) is 0 Å². The summed E-state index contributed by atoms with van der Waals surface area (Å²) in [4.78, 5) is 11.1. The van der Waals surface area contributed by atoms with Gasteiger partial charge in [-0.05, 0) is 17.7 Å². The zero-order valence-corrected chi connectivity index (χ0v) is 8.52. The van der Waals surface area contributed by atoms with Crippen LogP contribution in [0.2, 0.25) is 5.02 Å². The Morgan fingerprint density at radius 1 is 1.54 bits per heavy atom. The number of ether oxygens (including phenoxy) is 1. The molecule has 0 N–H and O–H groups in total. The van der Waals surface area contributed by atoms with Gasteiger partial charge < -0.3 is 4.74 Å². The molecule has 13 heavy (non-hydrogen) atoms. The summed E-state index contributed by atoms with van der Waals surface area (Å²) in [6, 6.07) is 5.00. The van der Waals surface area contributed by atoms with Gasteiger partial charge >= 0.3 is 5.97 Å². The van der Waals surface area contributed by atoms with Gasteiger partial charge in [0.2, 0.25) is 0 Å². The average Bonchev–Trinajstić information content (AvgIpc) is 2.16. The van der Waals surface area contributed by atoms with Gasteiger partial charge in [-0.1, -0.05) is 17.7 Å². The van der Waals surface area contributed by atoms with E-state index in [0.29, 0.717) is 16.5 Å². The van der Waals surface area contributed by atoms with Crippen molar-refractivity contribution in [1.82, 2.24) is 0 Å². The number of halogens is 2. The highest BCUT2D eigenvalue weighted by molar-refractivity contribution is 6.33. The minimum Gasteiger partial charge on any atom is -0.465 e. The van der Waals surface area contributed by atoms with E-state index in [4.69, 9.17) is 23.2 Å². The lowest BCUT2D eigenvalue weighted by Crippen LogP contribution is -2.02. The van der Waals surface area contributed by atoms with Crippen LogP contribution in [0.25, 0.3) is 0 Å². The van der Waals surface area contributed by atoms with Gasteiger partial charge in [0.05, 0.1) is 17.7 Å². The largest absolute Gasteiger partial charge is 0.465 e. The summed E-state index contributed by atoms with van der Waals surface area (Å²) >= 11 is 11.4. The lowest BCUT2D eigenvalue weighted by Gasteiger charge is -2.02. The molecule has 1 rings (SSSR count). The zero-order valence-electron chi connectivity index (χ0n) is 7.01. The van der Waals surface area contributed by atoms with E-state index < -0.39 is 5.97 Å². The Hall–Kier alpha value is -0.730. The first-order valence-corrected chi connectivity index (χ1v) is 4.53. The molecule has 1 aromatic rings. The first-order chi connectivity index (χ1) is 6.19. The molecule has 0 aliphatic carbocycles. The number of alkyl halides is 1. The van der Waals surface area contributed by atoms with Crippen molar-refractivity contribution >= 4 is 29.2 Å². The van der Waals surface area contributed by atoms with Crippen molar-refractivity contribution in [2.75, 3.05) is 7.11 Å². The Kier molecular flexibility index (Phi) is 3.58. The Morgan fingerprint density at radius 2 is 2.23 bits per heavy atom. The van der Waals surface area contributed by atoms with Crippen LogP contribution < -0.4 is 0 Å². The monoisotopic (exact) mass is 218 g/mol. The van der Waals surface area contributed by atoms with Crippen molar-refractivity contribution in [2.45, 2.75) is 5.88 Å². The van der Waals surface area contributed by atoms with Crippen LogP contribution in [0, 0.1) is 0 Å². The number of esters is 1. The number of benzene rings is 1. The quantitative estimate of drug-likeness (QED) is 0.564. The Morgan fingerprint density at radius 3 is 2.69 bits per heavy atom. The molecule has 0 atom stereocenters. The summed E-state index contributed by atoms with van der Waals surface area (Å²) in [6.45, 7) is 0. The van der Waals surface area contributed by atoms with Crippen molar-refractivity contribution in [2.24, 2.45) is 0 Å². The van der Waals surface area contributed by atoms with E-state index in [1.807, 2.05) is 0 Å². The molecule has 1 aromatic carbocycles. The molecule has 0 amide bonds. The molecule has 0 bridgehead atoms. The molecule has 4 heteroatoms. The Balaban J connectivity index is 3.05. The highest BCUT2D eigenvalue weighted by Gasteiger charge is 2.09. The molecule has 0 unspecified atom stereocenters. The molecule has 0 fully saturated rings. The van der Waals surface area contributed by atoms with Gasteiger partial charge in [-0.25, -0.2) is 4.79 Å². The van der Waals surface area contributed by atoms with Crippen LogP contribution in [-0.4, -0.2) is 13.1 Å².